The second-order valence-corrected chi connectivity index (χ2v) is 5.15. The van der Waals surface area contributed by atoms with Crippen LogP contribution in [0.1, 0.15) is 5.56 Å². The Morgan fingerprint density at radius 3 is 2.90 bits per heavy atom. The minimum atomic E-state index is 0.504. The van der Waals surface area contributed by atoms with Gasteiger partial charge in [-0.1, -0.05) is 0 Å². The zero-order valence-electron chi connectivity index (χ0n) is 11.8. The van der Waals surface area contributed by atoms with Gasteiger partial charge in [0.2, 0.25) is 0 Å². The number of nitrogen functional groups attached to an aromatic ring is 1. The van der Waals surface area contributed by atoms with Gasteiger partial charge in [0.15, 0.2) is 0 Å². The third-order valence-corrected chi connectivity index (χ3v) is 3.71. The van der Waals surface area contributed by atoms with Crippen LogP contribution in [-0.4, -0.2) is 24.1 Å². The molecule has 0 bridgehead atoms. The lowest BCUT2D eigenvalue weighted by Crippen LogP contribution is -1.98. The summed E-state index contributed by atoms with van der Waals surface area (Å²) in [4.78, 5) is 8.82. The maximum Gasteiger partial charge on any atom is 0.136 e. The van der Waals surface area contributed by atoms with Crippen molar-refractivity contribution in [2.24, 2.45) is 7.05 Å². The average Bonchev–Trinajstić information content (AvgIpc) is 3.08. The van der Waals surface area contributed by atoms with Crippen LogP contribution in [-0.2, 0) is 7.05 Å². The van der Waals surface area contributed by atoms with E-state index in [9.17, 15) is 0 Å². The molecule has 0 saturated carbocycles. The largest absolute Gasteiger partial charge is 0.383 e. The molecule has 0 atom stereocenters. The normalized spacial score (nSPS) is 11.5. The Morgan fingerprint density at radius 2 is 2.05 bits per heavy atom. The molecule has 104 valence electrons. The minimum absolute atomic E-state index is 0.504. The van der Waals surface area contributed by atoms with Gasteiger partial charge in [-0.25, -0.2) is 9.97 Å². The second-order valence-electron chi connectivity index (χ2n) is 5.15. The number of aromatic nitrogens is 5. The molecular weight excluding hydrogens is 264 g/mol. The molecule has 0 amide bonds. The van der Waals surface area contributed by atoms with E-state index in [0.29, 0.717) is 5.82 Å². The summed E-state index contributed by atoms with van der Waals surface area (Å²) in [5.74, 6) is 0.504. The molecule has 0 aliphatic carbocycles. The van der Waals surface area contributed by atoms with Crippen molar-refractivity contribution < 1.29 is 0 Å². The standard InChI is InChI=1S/C15H14N6/c1-9-13(10-3-4-12-17-5-6-21(12)7-10)18-15(16)11-8-20(2)19-14(9)11/h3-8H,1-2H3,(H2,16,18). The van der Waals surface area contributed by atoms with Crippen molar-refractivity contribution in [1.29, 1.82) is 0 Å². The van der Waals surface area contributed by atoms with Crippen molar-refractivity contribution in [2.45, 2.75) is 6.92 Å². The van der Waals surface area contributed by atoms with Gasteiger partial charge in [-0.2, -0.15) is 5.10 Å². The molecule has 0 spiro atoms. The number of rotatable bonds is 1. The van der Waals surface area contributed by atoms with E-state index >= 15 is 0 Å². The second kappa shape index (κ2) is 4.05. The van der Waals surface area contributed by atoms with E-state index in [1.54, 1.807) is 10.9 Å². The smallest absolute Gasteiger partial charge is 0.136 e. The molecule has 6 nitrogen and oxygen atoms in total. The summed E-state index contributed by atoms with van der Waals surface area (Å²) in [7, 11) is 1.89. The van der Waals surface area contributed by atoms with E-state index in [4.69, 9.17) is 5.73 Å². The number of anilines is 1. The first-order valence-electron chi connectivity index (χ1n) is 6.66. The Balaban J connectivity index is 2.02. The molecule has 6 heteroatoms. The number of hydrogen-bond donors (Lipinski definition) is 1. The van der Waals surface area contributed by atoms with E-state index in [-0.39, 0.29) is 0 Å². The molecule has 0 aromatic carbocycles. The molecule has 0 unspecified atom stereocenters. The predicted octanol–water partition coefficient (Wildman–Crippen LogP) is 2.17. The molecule has 2 N–H and O–H groups in total. The Labute approximate surface area is 120 Å². The van der Waals surface area contributed by atoms with Crippen molar-refractivity contribution in [3.05, 3.63) is 42.5 Å². The van der Waals surface area contributed by atoms with E-state index in [1.165, 1.54) is 0 Å². The van der Waals surface area contributed by atoms with Crippen LogP contribution >= 0.6 is 0 Å². The lowest BCUT2D eigenvalue weighted by molar-refractivity contribution is 0.779. The maximum absolute atomic E-state index is 6.09. The predicted molar refractivity (Wildman–Crippen MR) is 81.8 cm³/mol. The SMILES string of the molecule is Cc1c(-c2ccc3nccn3c2)nc(N)c2cn(C)nc12. The van der Waals surface area contributed by atoms with Crippen LogP contribution in [0.3, 0.4) is 0 Å². The monoisotopic (exact) mass is 278 g/mol. The van der Waals surface area contributed by atoms with Gasteiger partial charge in [-0.05, 0) is 19.1 Å². The molecule has 0 aliphatic heterocycles. The zero-order valence-corrected chi connectivity index (χ0v) is 11.8. The highest BCUT2D eigenvalue weighted by Gasteiger charge is 2.14. The summed E-state index contributed by atoms with van der Waals surface area (Å²) in [5.41, 5.74) is 10.8. The quantitative estimate of drug-likeness (QED) is 0.579. The summed E-state index contributed by atoms with van der Waals surface area (Å²) in [6.07, 6.45) is 7.59. The summed E-state index contributed by atoms with van der Waals surface area (Å²) >= 11 is 0. The van der Waals surface area contributed by atoms with Crippen LogP contribution in [0, 0.1) is 6.92 Å². The lowest BCUT2D eigenvalue weighted by atomic mass is 10.1. The number of hydrogen-bond acceptors (Lipinski definition) is 4. The van der Waals surface area contributed by atoms with Crippen LogP contribution in [0.25, 0.3) is 27.8 Å². The molecule has 0 saturated heterocycles. The average molecular weight is 278 g/mol. The topological polar surface area (TPSA) is 74.0 Å². The molecule has 0 fully saturated rings. The van der Waals surface area contributed by atoms with Gasteiger partial charge in [-0.3, -0.25) is 4.68 Å². The van der Waals surface area contributed by atoms with Crippen molar-refractivity contribution >= 4 is 22.4 Å². The molecule has 0 aliphatic rings. The van der Waals surface area contributed by atoms with Gasteiger partial charge in [0.25, 0.3) is 0 Å². The molecule has 0 radical (unpaired) electrons. The van der Waals surface area contributed by atoms with Crippen LogP contribution in [0.2, 0.25) is 0 Å². The molecule has 4 aromatic heterocycles. The number of nitrogens with zero attached hydrogens (tertiary/aromatic N) is 5. The molecule has 4 heterocycles. The Bertz CT molecular complexity index is 979. The van der Waals surface area contributed by atoms with Crippen molar-refractivity contribution in [3.8, 4) is 11.3 Å². The van der Waals surface area contributed by atoms with Gasteiger partial charge in [0.1, 0.15) is 17.0 Å². The number of nitrogens with two attached hydrogens (primary N) is 1. The fraction of sp³-hybridized carbons (Fsp3) is 0.133. The Kier molecular flexibility index (Phi) is 2.29. The molecule has 4 aromatic rings. The van der Waals surface area contributed by atoms with Crippen LogP contribution in [0.4, 0.5) is 5.82 Å². The highest BCUT2D eigenvalue weighted by molar-refractivity contribution is 5.93. The fourth-order valence-corrected chi connectivity index (χ4v) is 2.67. The summed E-state index contributed by atoms with van der Waals surface area (Å²) in [6, 6.07) is 3.97. The maximum atomic E-state index is 6.09. The molecule has 21 heavy (non-hydrogen) atoms. The number of imidazole rings is 1. The van der Waals surface area contributed by atoms with Gasteiger partial charge in [0, 0.05) is 43.0 Å². The zero-order chi connectivity index (χ0) is 14.6. The number of aryl methyl sites for hydroxylation is 2. The van der Waals surface area contributed by atoms with Crippen LogP contribution in [0.15, 0.2) is 36.9 Å². The Hall–Kier alpha value is -2.89. The summed E-state index contributed by atoms with van der Waals surface area (Å²) in [5, 5.41) is 5.38. The first-order valence-corrected chi connectivity index (χ1v) is 6.66. The lowest BCUT2D eigenvalue weighted by Gasteiger charge is -2.08. The van der Waals surface area contributed by atoms with Gasteiger partial charge >= 0.3 is 0 Å². The molecule has 4 rings (SSSR count). The van der Waals surface area contributed by atoms with E-state index in [0.717, 1.165) is 33.4 Å². The van der Waals surface area contributed by atoms with E-state index in [1.807, 2.05) is 49.1 Å². The molecular formula is C15H14N6. The first kappa shape index (κ1) is 11.9. The van der Waals surface area contributed by atoms with Crippen molar-refractivity contribution in [1.82, 2.24) is 24.1 Å². The Morgan fingerprint density at radius 1 is 1.19 bits per heavy atom. The highest BCUT2D eigenvalue weighted by atomic mass is 15.2. The minimum Gasteiger partial charge on any atom is -0.383 e. The highest BCUT2D eigenvalue weighted by Crippen LogP contribution is 2.30. The summed E-state index contributed by atoms with van der Waals surface area (Å²) < 4.78 is 3.73. The third-order valence-electron chi connectivity index (χ3n) is 3.71. The van der Waals surface area contributed by atoms with Crippen LogP contribution in [0.5, 0.6) is 0 Å². The van der Waals surface area contributed by atoms with Crippen molar-refractivity contribution in [2.75, 3.05) is 5.73 Å². The third kappa shape index (κ3) is 1.69. The van der Waals surface area contributed by atoms with E-state index < -0.39 is 0 Å². The van der Waals surface area contributed by atoms with E-state index in [2.05, 4.69) is 15.1 Å². The summed E-state index contributed by atoms with van der Waals surface area (Å²) in [6.45, 7) is 2.02. The van der Waals surface area contributed by atoms with Crippen LogP contribution < -0.4 is 5.73 Å². The fourth-order valence-electron chi connectivity index (χ4n) is 2.67. The number of pyridine rings is 2. The first-order chi connectivity index (χ1) is 10.1. The van der Waals surface area contributed by atoms with Crippen molar-refractivity contribution in [3.63, 3.8) is 0 Å². The van der Waals surface area contributed by atoms with Gasteiger partial charge in [0.05, 0.1) is 11.1 Å². The van der Waals surface area contributed by atoms with Gasteiger partial charge < -0.3 is 10.1 Å². The number of fused-ring (bicyclic) bond motifs is 2. The van der Waals surface area contributed by atoms with Gasteiger partial charge in [-0.15, -0.1) is 0 Å².